The standard InChI is InChI=1S/C20H11NO2/c22-18-11-17-15-8-7-13-6-5-12-3-1-2-4-14(12)19(13)16(15)9-10-21(17)20(18)23/h1-11H. The van der Waals surface area contributed by atoms with Crippen molar-refractivity contribution >= 4 is 45.0 Å². The second kappa shape index (κ2) is 4.17. The molecule has 0 unspecified atom stereocenters. The Morgan fingerprint density at radius 1 is 0.826 bits per heavy atom. The minimum absolute atomic E-state index is 0.462. The van der Waals surface area contributed by atoms with Crippen LogP contribution < -0.4 is 0 Å². The van der Waals surface area contributed by atoms with Crippen LogP contribution in [0.2, 0.25) is 0 Å². The van der Waals surface area contributed by atoms with Gasteiger partial charge in [-0.1, -0.05) is 48.5 Å². The molecule has 2 heterocycles. The molecular formula is C20H11NO2. The first-order chi connectivity index (χ1) is 11.2. The molecule has 3 aromatic carbocycles. The summed E-state index contributed by atoms with van der Waals surface area (Å²) in [5.74, 6) is -0.949. The molecule has 0 saturated carbocycles. The van der Waals surface area contributed by atoms with Crippen LogP contribution in [0.4, 0.5) is 0 Å². The zero-order valence-electron chi connectivity index (χ0n) is 12.1. The third kappa shape index (κ3) is 1.53. The summed E-state index contributed by atoms with van der Waals surface area (Å²) in [6.45, 7) is 0. The number of hydrogen-bond donors (Lipinski definition) is 0. The van der Waals surface area contributed by atoms with Gasteiger partial charge in [-0.2, -0.15) is 0 Å². The second-order valence-electron chi connectivity index (χ2n) is 5.80. The molecule has 2 aliphatic heterocycles. The van der Waals surface area contributed by atoms with Crippen LogP contribution in [0.15, 0.2) is 60.8 Å². The molecule has 0 bridgehead atoms. The molecule has 23 heavy (non-hydrogen) atoms. The van der Waals surface area contributed by atoms with Crippen molar-refractivity contribution in [3.63, 3.8) is 0 Å². The smallest absolute Gasteiger partial charge is 0.284 e. The predicted octanol–water partition coefficient (Wildman–Crippen LogP) is 3.73. The third-order valence-electron chi connectivity index (χ3n) is 4.57. The minimum Gasteiger partial charge on any atom is -0.284 e. The molecule has 3 nitrogen and oxygen atoms in total. The van der Waals surface area contributed by atoms with E-state index in [0.29, 0.717) is 5.70 Å². The fourth-order valence-corrected chi connectivity index (χ4v) is 3.51. The fourth-order valence-electron chi connectivity index (χ4n) is 3.51. The molecule has 0 saturated heterocycles. The van der Waals surface area contributed by atoms with Crippen LogP contribution in [0.1, 0.15) is 11.1 Å². The second-order valence-corrected chi connectivity index (χ2v) is 5.80. The summed E-state index contributed by atoms with van der Waals surface area (Å²) in [5, 5.41) is 4.66. The van der Waals surface area contributed by atoms with Crippen LogP contribution in [0, 0.1) is 0 Å². The molecule has 5 rings (SSSR count). The highest BCUT2D eigenvalue weighted by molar-refractivity contribution is 6.46. The molecule has 3 aromatic rings. The number of rotatable bonds is 0. The van der Waals surface area contributed by atoms with Gasteiger partial charge in [0.05, 0.1) is 5.70 Å². The molecule has 0 fully saturated rings. The van der Waals surface area contributed by atoms with Crippen molar-refractivity contribution in [2.24, 2.45) is 0 Å². The molecule has 0 atom stereocenters. The molecule has 3 heteroatoms. The van der Waals surface area contributed by atoms with Crippen molar-refractivity contribution < 1.29 is 9.59 Å². The van der Waals surface area contributed by atoms with Gasteiger partial charge in [0.25, 0.3) is 0 Å². The van der Waals surface area contributed by atoms with Gasteiger partial charge in [-0.25, -0.2) is 0 Å². The lowest BCUT2D eigenvalue weighted by atomic mass is 9.91. The summed E-state index contributed by atoms with van der Waals surface area (Å²) < 4.78 is 0. The monoisotopic (exact) mass is 297 g/mol. The maximum absolute atomic E-state index is 11.9. The minimum atomic E-state index is -0.486. The number of benzene rings is 3. The summed E-state index contributed by atoms with van der Waals surface area (Å²) in [7, 11) is 0. The van der Waals surface area contributed by atoms with Gasteiger partial charge in [0.2, 0.25) is 5.78 Å². The van der Waals surface area contributed by atoms with Gasteiger partial charge in [0, 0.05) is 17.8 Å². The molecule has 0 radical (unpaired) electrons. The summed E-state index contributed by atoms with van der Waals surface area (Å²) in [6.07, 6.45) is 5.06. The molecule has 0 aliphatic carbocycles. The zero-order chi connectivity index (χ0) is 15.6. The van der Waals surface area contributed by atoms with E-state index in [1.54, 1.807) is 6.20 Å². The third-order valence-corrected chi connectivity index (χ3v) is 4.57. The highest BCUT2D eigenvalue weighted by Crippen LogP contribution is 2.39. The number of ketones is 1. The Labute approximate surface area is 132 Å². The van der Waals surface area contributed by atoms with Gasteiger partial charge >= 0.3 is 5.91 Å². The highest BCUT2D eigenvalue weighted by atomic mass is 16.2. The first-order valence-corrected chi connectivity index (χ1v) is 7.46. The van der Waals surface area contributed by atoms with Crippen molar-refractivity contribution in [3.8, 4) is 0 Å². The van der Waals surface area contributed by atoms with Crippen LogP contribution in [-0.4, -0.2) is 16.6 Å². The summed E-state index contributed by atoms with van der Waals surface area (Å²) in [4.78, 5) is 25.1. The van der Waals surface area contributed by atoms with Gasteiger partial charge in [0.1, 0.15) is 0 Å². The van der Waals surface area contributed by atoms with Gasteiger partial charge in [-0.3, -0.25) is 14.5 Å². The van der Waals surface area contributed by atoms with Crippen molar-refractivity contribution in [1.29, 1.82) is 0 Å². The topological polar surface area (TPSA) is 37.4 Å². The van der Waals surface area contributed by atoms with Crippen LogP contribution in [0.5, 0.6) is 0 Å². The average Bonchev–Trinajstić information content (AvgIpc) is 2.89. The number of fused-ring (bicyclic) bond motifs is 7. The normalized spacial score (nSPS) is 16.0. The van der Waals surface area contributed by atoms with E-state index in [1.807, 2.05) is 30.3 Å². The quantitative estimate of drug-likeness (QED) is 0.468. The Morgan fingerprint density at radius 2 is 1.61 bits per heavy atom. The summed E-state index contributed by atoms with van der Waals surface area (Å²) in [5.41, 5.74) is 2.66. The highest BCUT2D eigenvalue weighted by Gasteiger charge is 2.33. The lowest BCUT2D eigenvalue weighted by Gasteiger charge is -2.23. The first kappa shape index (κ1) is 12.4. The van der Waals surface area contributed by atoms with Crippen molar-refractivity contribution in [3.05, 3.63) is 71.9 Å². The van der Waals surface area contributed by atoms with E-state index < -0.39 is 11.7 Å². The van der Waals surface area contributed by atoms with E-state index in [4.69, 9.17) is 0 Å². The van der Waals surface area contributed by atoms with E-state index in [2.05, 4.69) is 24.3 Å². The Bertz CT molecular complexity index is 1110. The zero-order valence-corrected chi connectivity index (χ0v) is 12.1. The predicted molar refractivity (Wildman–Crippen MR) is 90.3 cm³/mol. The molecule has 0 aromatic heterocycles. The number of carbonyl (C=O) groups is 2. The van der Waals surface area contributed by atoms with Crippen molar-refractivity contribution in [2.75, 3.05) is 0 Å². The van der Waals surface area contributed by atoms with Crippen LogP contribution >= 0.6 is 0 Å². The number of carbonyl (C=O) groups excluding carboxylic acids is 2. The van der Waals surface area contributed by atoms with Crippen LogP contribution in [0.25, 0.3) is 33.3 Å². The van der Waals surface area contributed by atoms with E-state index in [1.165, 1.54) is 21.7 Å². The van der Waals surface area contributed by atoms with Gasteiger partial charge in [-0.15, -0.1) is 0 Å². The Hall–Kier alpha value is -3.20. The summed E-state index contributed by atoms with van der Waals surface area (Å²) in [6, 6.07) is 16.5. The molecule has 1 amide bonds. The average molecular weight is 297 g/mol. The van der Waals surface area contributed by atoms with Gasteiger partial charge in [-0.05, 0) is 33.2 Å². The Balaban J connectivity index is 1.93. The van der Waals surface area contributed by atoms with Crippen molar-refractivity contribution in [2.45, 2.75) is 0 Å². The van der Waals surface area contributed by atoms with E-state index >= 15 is 0 Å². The SMILES string of the molecule is O=C1C=C2c3ccc4ccc5ccccc5c4c3C=CN2C1=O. The molecule has 0 spiro atoms. The lowest BCUT2D eigenvalue weighted by molar-refractivity contribution is -0.137. The Kier molecular flexibility index (Phi) is 2.24. The molecule has 108 valence electrons. The van der Waals surface area contributed by atoms with Gasteiger partial charge in [0.15, 0.2) is 0 Å². The van der Waals surface area contributed by atoms with E-state index in [0.717, 1.165) is 21.9 Å². The van der Waals surface area contributed by atoms with Gasteiger partial charge < -0.3 is 0 Å². The summed E-state index contributed by atoms with van der Waals surface area (Å²) >= 11 is 0. The maximum atomic E-state index is 11.9. The van der Waals surface area contributed by atoms with E-state index in [-0.39, 0.29) is 0 Å². The maximum Gasteiger partial charge on any atom is 0.302 e. The van der Waals surface area contributed by atoms with Crippen molar-refractivity contribution in [1.82, 2.24) is 4.90 Å². The molecule has 2 aliphatic rings. The number of nitrogens with zero attached hydrogens (tertiary/aromatic N) is 1. The largest absolute Gasteiger partial charge is 0.302 e. The van der Waals surface area contributed by atoms with E-state index in [9.17, 15) is 9.59 Å². The lowest BCUT2D eigenvalue weighted by Crippen LogP contribution is -2.24. The van der Waals surface area contributed by atoms with Crippen LogP contribution in [-0.2, 0) is 9.59 Å². The Morgan fingerprint density at radius 3 is 2.52 bits per heavy atom. The number of hydrogen-bond acceptors (Lipinski definition) is 2. The first-order valence-electron chi connectivity index (χ1n) is 7.46. The molecule has 0 N–H and O–H groups in total. The van der Waals surface area contributed by atoms with Crippen LogP contribution in [0.3, 0.4) is 0 Å². The molecular weight excluding hydrogens is 286 g/mol. The fraction of sp³-hybridized carbons (Fsp3) is 0. The number of amides is 1.